The normalized spacial score (nSPS) is 10.6. The summed E-state index contributed by atoms with van der Waals surface area (Å²) in [4.78, 5) is 13.4. The van der Waals surface area contributed by atoms with Crippen LogP contribution in [-0.2, 0) is 17.8 Å². The zero-order chi connectivity index (χ0) is 17.4. The van der Waals surface area contributed by atoms with Crippen molar-refractivity contribution in [1.29, 1.82) is 0 Å². The van der Waals surface area contributed by atoms with Crippen LogP contribution in [0.2, 0.25) is 0 Å². The topological polar surface area (TPSA) is 59.8 Å². The zero-order valence-corrected chi connectivity index (χ0v) is 15.6. The van der Waals surface area contributed by atoms with Crippen LogP contribution >= 0.6 is 23.5 Å². The van der Waals surface area contributed by atoms with Crippen LogP contribution in [0.1, 0.15) is 19.7 Å². The van der Waals surface area contributed by atoms with Gasteiger partial charge in [0.05, 0.1) is 11.4 Å². The Kier molecular flexibility index (Phi) is 7.39. The third-order valence-electron chi connectivity index (χ3n) is 3.21. The van der Waals surface area contributed by atoms with E-state index in [1.807, 2.05) is 41.8 Å². The predicted octanol–water partition coefficient (Wildman–Crippen LogP) is 3.87. The van der Waals surface area contributed by atoms with E-state index in [1.54, 1.807) is 11.8 Å². The minimum atomic E-state index is -0.0460. The number of carbonyl (C=O) groups is 1. The lowest BCUT2D eigenvalue weighted by molar-refractivity contribution is -0.113. The predicted molar refractivity (Wildman–Crippen MR) is 102 cm³/mol. The molecule has 0 aliphatic heterocycles. The summed E-state index contributed by atoms with van der Waals surface area (Å²) in [6, 6.07) is 7.85. The highest BCUT2D eigenvalue weighted by Crippen LogP contribution is 2.27. The van der Waals surface area contributed by atoms with E-state index in [9.17, 15) is 4.79 Å². The molecule has 0 radical (unpaired) electrons. The highest BCUT2D eigenvalue weighted by atomic mass is 32.2. The first-order chi connectivity index (χ1) is 11.7. The van der Waals surface area contributed by atoms with E-state index in [0.717, 1.165) is 33.7 Å². The van der Waals surface area contributed by atoms with Crippen molar-refractivity contribution in [2.75, 3.05) is 16.8 Å². The van der Waals surface area contributed by atoms with Crippen molar-refractivity contribution in [3.05, 3.63) is 42.7 Å². The Morgan fingerprint density at radius 1 is 1.29 bits per heavy atom. The number of benzene rings is 1. The summed E-state index contributed by atoms with van der Waals surface area (Å²) in [5.41, 5.74) is 0.858. The van der Waals surface area contributed by atoms with Gasteiger partial charge in [-0.2, -0.15) is 0 Å². The van der Waals surface area contributed by atoms with Gasteiger partial charge in [-0.3, -0.25) is 4.79 Å². The fourth-order valence-electron chi connectivity index (χ4n) is 2.17. The van der Waals surface area contributed by atoms with Crippen LogP contribution in [0, 0.1) is 0 Å². The molecule has 1 aromatic heterocycles. The summed E-state index contributed by atoms with van der Waals surface area (Å²) < 4.78 is 1.99. The largest absolute Gasteiger partial charge is 0.324 e. The molecule has 0 atom stereocenters. The summed E-state index contributed by atoms with van der Waals surface area (Å²) in [5.74, 6) is 2.12. The fraction of sp³-hybridized carbons (Fsp3) is 0.353. The fourth-order valence-corrected chi connectivity index (χ4v) is 3.69. The van der Waals surface area contributed by atoms with Gasteiger partial charge in [0.1, 0.15) is 5.82 Å². The van der Waals surface area contributed by atoms with E-state index in [0.29, 0.717) is 12.3 Å². The molecule has 0 fully saturated rings. The molecular weight excluding hydrogens is 340 g/mol. The monoisotopic (exact) mass is 362 g/mol. The highest BCUT2D eigenvalue weighted by Gasteiger charge is 2.13. The molecule has 128 valence electrons. The SMILES string of the molecule is C=CCn1c(CC)nnc1SCC(=O)Nc1ccccc1SCC. The number of nitrogens with one attached hydrogen (secondary N) is 1. The van der Waals surface area contributed by atoms with Crippen LogP contribution in [0.3, 0.4) is 0 Å². The van der Waals surface area contributed by atoms with Crippen molar-refractivity contribution in [2.24, 2.45) is 0 Å². The van der Waals surface area contributed by atoms with E-state index in [2.05, 4.69) is 29.0 Å². The van der Waals surface area contributed by atoms with Crippen molar-refractivity contribution in [3.8, 4) is 0 Å². The Morgan fingerprint density at radius 2 is 2.08 bits per heavy atom. The Labute approximate surface area is 151 Å². The molecule has 0 saturated heterocycles. The maximum absolute atomic E-state index is 12.3. The molecule has 0 aliphatic carbocycles. The molecule has 0 bridgehead atoms. The summed E-state index contributed by atoms with van der Waals surface area (Å²) in [5, 5.41) is 12.1. The van der Waals surface area contributed by atoms with Crippen molar-refractivity contribution >= 4 is 35.1 Å². The smallest absolute Gasteiger partial charge is 0.234 e. The van der Waals surface area contributed by atoms with Gasteiger partial charge in [-0.1, -0.05) is 43.8 Å². The molecule has 1 N–H and O–H groups in total. The van der Waals surface area contributed by atoms with E-state index >= 15 is 0 Å². The van der Waals surface area contributed by atoms with E-state index < -0.39 is 0 Å². The lowest BCUT2D eigenvalue weighted by Gasteiger charge is -2.10. The van der Waals surface area contributed by atoms with Crippen LogP contribution in [0.4, 0.5) is 5.69 Å². The first-order valence-electron chi connectivity index (χ1n) is 7.87. The standard InChI is InChI=1S/C17H22N4OS2/c1-4-11-21-15(5-2)19-20-17(21)24-12-16(22)18-13-9-7-8-10-14(13)23-6-3/h4,7-10H,1,5-6,11-12H2,2-3H3,(H,18,22). The number of nitrogens with zero attached hydrogens (tertiary/aromatic N) is 3. The number of para-hydroxylation sites is 1. The minimum Gasteiger partial charge on any atom is -0.324 e. The molecule has 1 heterocycles. The summed E-state index contributed by atoms with van der Waals surface area (Å²) in [6.45, 7) is 8.54. The van der Waals surface area contributed by atoms with Gasteiger partial charge in [0.2, 0.25) is 5.91 Å². The number of aromatic nitrogens is 3. The maximum Gasteiger partial charge on any atom is 0.234 e. The van der Waals surface area contributed by atoms with Crippen LogP contribution in [0.25, 0.3) is 0 Å². The molecule has 7 heteroatoms. The third-order valence-corrected chi connectivity index (χ3v) is 5.14. The molecule has 2 rings (SSSR count). The van der Waals surface area contributed by atoms with Gasteiger partial charge in [-0.05, 0) is 17.9 Å². The maximum atomic E-state index is 12.3. The van der Waals surface area contributed by atoms with Gasteiger partial charge in [-0.15, -0.1) is 28.5 Å². The Hall–Kier alpha value is -1.73. The second-order valence-electron chi connectivity index (χ2n) is 4.92. The number of thioether (sulfide) groups is 2. The molecule has 0 unspecified atom stereocenters. The van der Waals surface area contributed by atoms with Crippen molar-refractivity contribution in [3.63, 3.8) is 0 Å². The second kappa shape index (κ2) is 9.54. The molecule has 0 spiro atoms. The van der Waals surface area contributed by atoms with E-state index in [-0.39, 0.29) is 5.91 Å². The number of hydrogen-bond acceptors (Lipinski definition) is 5. The summed E-state index contributed by atoms with van der Waals surface area (Å²) >= 11 is 3.11. The lowest BCUT2D eigenvalue weighted by Crippen LogP contribution is -2.15. The summed E-state index contributed by atoms with van der Waals surface area (Å²) in [6.07, 6.45) is 2.61. The molecule has 2 aromatic rings. The van der Waals surface area contributed by atoms with Gasteiger partial charge >= 0.3 is 0 Å². The van der Waals surface area contributed by atoms with Gasteiger partial charge < -0.3 is 9.88 Å². The van der Waals surface area contributed by atoms with Gasteiger partial charge in [-0.25, -0.2) is 0 Å². The Morgan fingerprint density at radius 3 is 2.79 bits per heavy atom. The first kappa shape index (κ1) is 18.6. The molecule has 1 aromatic carbocycles. The van der Waals surface area contributed by atoms with Crippen LogP contribution < -0.4 is 5.32 Å². The molecule has 1 amide bonds. The highest BCUT2D eigenvalue weighted by molar-refractivity contribution is 8.00. The number of rotatable bonds is 9. The minimum absolute atomic E-state index is 0.0460. The number of aryl methyl sites for hydroxylation is 1. The van der Waals surface area contributed by atoms with Crippen LogP contribution in [0.5, 0.6) is 0 Å². The van der Waals surface area contributed by atoms with Crippen LogP contribution in [0.15, 0.2) is 47.0 Å². The number of carbonyl (C=O) groups excluding carboxylic acids is 1. The van der Waals surface area contributed by atoms with Crippen molar-refractivity contribution in [2.45, 2.75) is 36.9 Å². The van der Waals surface area contributed by atoms with Crippen molar-refractivity contribution in [1.82, 2.24) is 14.8 Å². The Balaban J connectivity index is 1.99. The van der Waals surface area contributed by atoms with E-state index in [4.69, 9.17) is 0 Å². The number of amides is 1. The van der Waals surface area contributed by atoms with Crippen molar-refractivity contribution < 1.29 is 4.79 Å². The van der Waals surface area contributed by atoms with E-state index in [1.165, 1.54) is 11.8 Å². The third kappa shape index (κ3) is 4.88. The van der Waals surface area contributed by atoms with Gasteiger partial charge in [0.15, 0.2) is 5.16 Å². The van der Waals surface area contributed by atoms with Gasteiger partial charge in [0, 0.05) is 17.9 Å². The zero-order valence-electron chi connectivity index (χ0n) is 14.0. The average Bonchev–Trinajstić information content (AvgIpc) is 2.97. The van der Waals surface area contributed by atoms with Gasteiger partial charge in [0.25, 0.3) is 0 Å². The van der Waals surface area contributed by atoms with Crippen LogP contribution in [-0.4, -0.2) is 32.2 Å². The molecule has 5 nitrogen and oxygen atoms in total. The number of anilines is 1. The average molecular weight is 363 g/mol. The lowest BCUT2D eigenvalue weighted by atomic mass is 10.3. The number of hydrogen-bond donors (Lipinski definition) is 1. The molecular formula is C17H22N4OS2. The summed E-state index contributed by atoms with van der Waals surface area (Å²) in [7, 11) is 0. The second-order valence-corrected chi connectivity index (χ2v) is 7.17. The molecule has 0 saturated carbocycles. The number of allylic oxidation sites excluding steroid dienone is 1. The quantitative estimate of drug-likeness (QED) is 0.542. The Bertz CT molecular complexity index is 700. The molecule has 0 aliphatic rings. The molecule has 24 heavy (non-hydrogen) atoms. The first-order valence-corrected chi connectivity index (χ1v) is 9.84.